The van der Waals surface area contributed by atoms with Crippen LogP contribution in [-0.4, -0.2) is 5.91 Å². The van der Waals surface area contributed by atoms with Crippen LogP contribution < -0.4 is 5.32 Å². The van der Waals surface area contributed by atoms with E-state index in [1.54, 1.807) is 0 Å². The van der Waals surface area contributed by atoms with Crippen molar-refractivity contribution in [2.24, 2.45) is 11.3 Å². The van der Waals surface area contributed by atoms with Crippen molar-refractivity contribution in [2.45, 2.75) is 33.1 Å². The molecule has 3 rings (SSSR count). The highest BCUT2D eigenvalue weighted by atomic mass is 79.9. The first-order chi connectivity index (χ1) is 9.99. The average molecular weight is 346 g/mol. The van der Waals surface area contributed by atoms with Gasteiger partial charge in [0, 0.05) is 21.5 Å². The minimum Gasteiger partial charge on any atom is -0.325 e. The average Bonchev–Trinajstić information content (AvgIpc) is 2.82. The summed E-state index contributed by atoms with van der Waals surface area (Å²) in [5.74, 6) is 0.268. The third kappa shape index (κ3) is 2.71. The van der Waals surface area contributed by atoms with Gasteiger partial charge in [0.2, 0.25) is 5.91 Å². The topological polar surface area (TPSA) is 29.1 Å². The summed E-state index contributed by atoms with van der Waals surface area (Å²) in [6, 6.07) is 12.1. The number of benzene rings is 2. The molecule has 1 fully saturated rings. The third-order valence-corrected chi connectivity index (χ3v) is 5.39. The number of anilines is 1. The minimum absolute atomic E-state index is 0.106. The number of carbonyl (C=O) groups is 1. The van der Waals surface area contributed by atoms with E-state index in [4.69, 9.17) is 0 Å². The molecule has 21 heavy (non-hydrogen) atoms. The van der Waals surface area contributed by atoms with Crippen molar-refractivity contribution >= 4 is 38.3 Å². The maximum absolute atomic E-state index is 12.6. The van der Waals surface area contributed by atoms with Crippen molar-refractivity contribution in [3.8, 4) is 0 Å². The molecule has 1 aliphatic carbocycles. The van der Waals surface area contributed by atoms with Gasteiger partial charge in [0.05, 0.1) is 0 Å². The van der Waals surface area contributed by atoms with Crippen LogP contribution in [0.3, 0.4) is 0 Å². The van der Waals surface area contributed by atoms with Crippen molar-refractivity contribution in [2.75, 3.05) is 5.32 Å². The van der Waals surface area contributed by atoms with Crippen LogP contribution in [0.5, 0.6) is 0 Å². The maximum atomic E-state index is 12.6. The van der Waals surface area contributed by atoms with Gasteiger partial charge >= 0.3 is 0 Å². The van der Waals surface area contributed by atoms with Crippen LogP contribution in [0.2, 0.25) is 0 Å². The molecule has 3 heteroatoms. The molecule has 0 bridgehead atoms. The van der Waals surface area contributed by atoms with Gasteiger partial charge in [0.15, 0.2) is 0 Å². The predicted molar refractivity (Wildman–Crippen MR) is 91.4 cm³/mol. The Labute approximate surface area is 134 Å². The van der Waals surface area contributed by atoms with E-state index in [0.29, 0.717) is 0 Å². The Morgan fingerprint density at radius 3 is 2.57 bits per heavy atom. The van der Waals surface area contributed by atoms with E-state index in [9.17, 15) is 4.79 Å². The molecule has 1 unspecified atom stereocenters. The van der Waals surface area contributed by atoms with E-state index in [0.717, 1.165) is 40.2 Å². The Morgan fingerprint density at radius 1 is 1.19 bits per heavy atom. The smallest absolute Gasteiger partial charge is 0.228 e. The summed E-state index contributed by atoms with van der Waals surface area (Å²) >= 11 is 3.57. The summed E-state index contributed by atoms with van der Waals surface area (Å²) in [4.78, 5) is 12.6. The first-order valence-corrected chi connectivity index (χ1v) is 8.26. The number of rotatable bonds is 2. The molecule has 1 aliphatic rings. The zero-order valence-electron chi connectivity index (χ0n) is 12.4. The van der Waals surface area contributed by atoms with Crippen LogP contribution in [-0.2, 0) is 4.79 Å². The Bertz CT molecular complexity index is 693. The van der Waals surface area contributed by atoms with E-state index in [1.165, 1.54) is 0 Å². The number of hydrogen-bond acceptors (Lipinski definition) is 1. The van der Waals surface area contributed by atoms with Gasteiger partial charge in [0.1, 0.15) is 0 Å². The molecule has 2 aromatic carbocycles. The molecule has 110 valence electrons. The number of amides is 1. The van der Waals surface area contributed by atoms with Gasteiger partial charge in [-0.15, -0.1) is 0 Å². The molecule has 0 saturated heterocycles. The lowest BCUT2D eigenvalue weighted by Gasteiger charge is -2.26. The normalized spacial score (nSPS) is 20.6. The molecule has 0 aromatic heterocycles. The fourth-order valence-corrected chi connectivity index (χ4v) is 3.88. The summed E-state index contributed by atoms with van der Waals surface area (Å²) in [7, 11) is 0. The summed E-state index contributed by atoms with van der Waals surface area (Å²) in [6.45, 7) is 4.40. The summed E-state index contributed by atoms with van der Waals surface area (Å²) in [6.07, 6.45) is 3.27. The van der Waals surface area contributed by atoms with Crippen LogP contribution in [0, 0.1) is 11.3 Å². The zero-order chi connectivity index (χ0) is 15.0. The highest BCUT2D eigenvalue weighted by Crippen LogP contribution is 2.43. The highest BCUT2D eigenvalue weighted by molar-refractivity contribution is 9.10. The van der Waals surface area contributed by atoms with Gasteiger partial charge in [-0.3, -0.25) is 4.79 Å². The van der Waals surface area contributed by atoms with Crippen molar-refractivity contribution in [1.82, 2.24) is 0 Å². The Kier molecular flexibility index (Phi) is 3.78. The second-order valence-corrected chi connectivity index (χ2v) is 7.42. The van der Waals surface area contributed by atoms with Crippen molar-refractivity contribution in [1.29, 1.82) is 0 Å². The van der Waals surface area contributed by atoms with Gasteiger partial charge in [-0.05, 0) is 35.8 Å². The number of hydrogen-bond donors (Lipinski definition) is 1. The standard InChI is InChI=1S/C18H20BrNO/c1-18(2)11-5-8-14(18)17(21)20-16-10-9-15(19)12-6-3-4-7-13(12)16/h3-4,6-7,9-10,14H,5,8,11H2,1-2H3,(H,20,21). The molecule has 0 spiro atoms. The number of fused-ring (bicyclic) bond motifs is 1. The quantitative estimate of drug-likeness (QED) is 0.778. The lowest BCUT2D eigenvalue weighted by Crippen LogP contribution is -2.30. The minimum atomic E-state index is 0.106. The van der Waals surface area contributed by atoms with E-state index in [2.05, 4.69) is 47.2 Å². The van der Waals surface area contributed by atoms with Gasteiger partial charge in [-0.25, -0.2) is 0 Å². The Hall–Kier alpha value is -1.35. The molecule has 2 nitrogen and oxygen atoms in total. The number of halogens is 1. The first-order valence-electron chi connectivity index (χ1n) is 7.47. The number of nitrogens with one attached hydrogen (secondary N) is 1. The molecule has 0 heterocycles. The van der Waals surface area contributed by atoms with E-state index < -0.39 is 0 Å². The second-order valence-electron chi connectivity index (χ2n) is 6.56. The van der Waals surface area contributed by atoms with Gasteiger partial charge in [0.25, 0.3) is 0 Å². The molecule has 2 aromatic rings. The summed E-state index contributed by atoms with van der Waals surface area (Å²) in [5, 5.41) is 5.36. The maximum Gasteiger partial charge on any atom is 0.228 e. The predicted octanol–water partition coefficient (Wildman–Crippen LogP) is 5.37. The SMILES string of the molecule is CC1(C)CCCC1C(=O)Nc1ccc(Br)c2ccccc12. The van der Waals surface area contributed by atoms with Crippen LogP contribution >= 0.6 is 15.9 Å². The molecule has 1 N–H and O–H groups in total. The summed E-state index contributed by atoms with van der Waals surface area (Å²) in [5.41, 5.74) is 1.01. The van der Waals surface area contributed by atoms with Crippen LogP contribution in [0.1, 0.15) is 33.1 Å². The lowest BCUT2D eigenvalue weighted by atomic mass is 9.81. The van der Waals surface area contributed by atoms with Gasteiger partial charge in [-0.2, -0.15) is 0 Å². The van der Waals surface area contributed by atoms with E-state index in [-0.39, 0.29) is 17.2 Å². The molecule has 0 radical (unpaired) electrons. The van der Waals surface area contributed by atoms with Crippen molar-refractivity contribution in [3.63, 3.8) is 0 Å². The van der Waals surface area contributed by atoms with Crippen molar-refractivity contribution < 1.29 is 4.79 Å². The molecule has 1 atom stereocenters. The molecular formula is C18H20BrNO. The zero-order valence-corrected chi connectivity index (χ0v) is 14.0. The number of carbonyl (C=O) groups excluding carboxylic acids is 1. The Balaban J connectivity index is 1.92. The molecular weight excluding hydrogens is 326 g/mol. The first kappa shape index (κ1) is 14.6. The fourth-order valence-electron chi connectivity index (χ4n) is 3.40. The molecule has 1 saturated carbocycles. The monoisotopic (exact) mass is 345 g/mol. The van der Waals surface area contributed by atoms with Crippen molar-refractivity contribution in [3.05, 3.63) is 40.9 Å². The Morgan fingerprint density at radius 2 is 1.90 bits per heavy atom. The fraction of sp³-hybridized carbons (Fsp3) is 0.389. The third-order valence-electron chi connectivity index (χ3n) is 4.70. The van der Waals surface area contributed by atoms with Crippen LogP contribution in [0.4, 0.5) is 5.69 Å². The van der Waals surface area contributed by atoms with Gasteiger partial charge in [-0.1, -0.05) is 60.5 Å². The molecule has 0 aliphatic heterocycles. The van der Waals surface area contributed by atoms with E-state index in [1.807, 2.05) is 24.3 Å². The largest absolute Gasteiger partial charge is 0.325 e. The lowest BCUT2D eigenvalue weighted by molar-refractivity contribution is -0.122. The van der Waals surface area contributed by atoms with Gasteiger partial charge < -0.3 is 5.32 Å². The van der Waals surface area contributed by atoms with Crippen LogP contribution in [0.15, 0.2) is 40.9 Å². The molecule has 1 amide bonds. The summed E-state index contributed by atoms with van der Waals surface area (Å²) < 4.78 is 1.05. The van der Waals surface area contributed by atoms with E-state index >= 15 is 0 Å². The highest BCUT2D eigenvalue weighted by Gasteiger charge is 2.39. The second kappa shape index (κ2) is 5.45. The van der Waals surface area contributed by atoms with Crippen LogP contribution in [0.25, 0.3) is 10.8 Å².